The molecule has 1 aromatic heterocycles. The van der Waals surface area contributed by atoms with Crippen LogP contribution in [0.25, 0.3) is 0 Å². The number of methoxy groups -OCH3 is 1. The second-order valence-corrected chi connectivity index (χ2v) is 8.12. The van der Waals surface area contributed by atoms with E-state index >= 15 is 0 Å². The highest BCUT2D eigenvalue weighted by atomic mass is 35.5. The lowest BCUT2D eigenvalue weighted by atomic mass is 10.2. The normalized spacial score (nSPS) is 11.9. The molecule has 1 heterocycles. The number of thioether (sulfide) groups is 1. The van der Waals surface area contributed by atoms with E-state index in [-0.39, 0.29) is 11.9 Å². The fourth-order valence-corrected chi connectivity index (χ4v) is 3.87. The summed E-state index contributed by atoms with van der Waals surface area (Å²) in [5.74, 6) is 1.86. The van der Waals surface area contributed by atoms with Crippen LogP contribution in [0, 0.1) is 0 Å². The molecule has 0 aliphatic carbocycles. The second kappa shape index (κ2) is 9.52. The number of amides is 1. The third-order valence-corrected chi connectivity index (χ3v) is 6.14. The molecule has 1 amide bonds. The van der Waals surface area contributed by atoms with E-state index in [0.717, 1.165) is 10.7 Å². The van der Waals surface area contributed by atoms with Crippen LogP contribution < -0.4 is 10.1 Å². The summed E-state index contributed by atoms with van der Waals surface area (Å²) in [6.07, 6.45) is 0. The molecule has 2 aromatic carbocycles. The molecule has 0 saturated heterocycles. The predicted octanol–water partition coefficient (Wildman–Crippen LogP) is 4.91. The third kappa shape index (κ3) is 5.23. The Kier molecular flexibility index (Phi) is 7.05. The zero-order valence-corrected chi connectivity index (χ0v) is 18.5. The van der Waals surface area contributed by atoms with Crippen molar-refractivity contribution in [3.63, 3.8) is 0 Å². The first-order valence-electron chi connectivity index (χ1n) is 8.80. The summed E-state index contributed by atoms with van der Waals surface area (Å²) in [5.41, 5.74) is 1.59. The Morgan fingerprint density at radius 1 is 1.17 bits per heavy atom. The van der Waals surface area contributed by atoms with Crippen molar-refractivity contribution in [3.05, 3.63) is 69.5 Å². The lowest BCUT2D eigenvalue weighted by Crippen LogP contribution is -2.28. The van der Waals surface area contributed by atoms with Gasteiger partial charge in [0.2, 0.25) is 0 Å². The topological polar surface area (TPSA) is 69.0 Å². The Balaban J connectivity index is 1.64. The number of halogens is 2. The first-order valence-corrected chi connectivity index (χ1v) is 10.5. The molecular weight excluding hydrogens is 431 g/mol. The number of rotatable bonds is 7. The molecule has 29 heavy (non-hydrogen) atoms. The standard InChI is InChI=1S/C20H20Cl2N4O2S/c1-12(23-19(27)14-5-7-15(28-3)8-6-14)18-24-25-20(26(18)2)29-11-13-4-9-16(21)17(22)10-13/h4-10,12H,11H2,1-3H3,(H,23,27)/t12-/m0/s1. The van der Waals surface area contributed by atoms with Crippen LogP contribution in [0.2, 0.25) is 10.0 Å². The number of nitrogens with zero attached hydrogens (tertiary/aromatic N) is 3. The highest BCUT2D eigenvalue weighted by Gasteiger charge is 2.18. The van der Waals surface area contributed by atoms with Crippen molar-refractivity contribution in [2.45, 2.75) is 23.9 Å². The van der Waals surface area contributed by atoms with Gasteiger partial charge in [0, 0.05) is 18.4 Å². The van der Waals surface area contributed by atoms with Crippen LogP contribution in [0.5, 0.6) is 5.75 Å². The summed E-state index contributed by atoms with van der Waals surface area (Å²) < 4.78 is 6.99. The van der Waals surface area contributed by atoms with Crippen molar-refractivity contribution in [2.75, 3.05) is 7.11 Å². The molecule has 0 radical (unpaired) electrons. The molecule has 1 atom stereocenters. The van der Waals surface area contributed by atoms with Gasteiger partial charge in [-0.1, -0.05) is 41.0 Å². The van der Waals surface area contributed by atoms with E-state index in [2.05, 4.69) is 15.5 Å². The summed E-state index contributed by atoms with van der Waals surface area (Å²) in [6.45, 7) is 1.87. The van der Waals surface area contributed by atoms with E-state index in [0.29, 0.717) is 32.9 Å². The minimum Gasteiger partial charge on any atom is -0.497 e. The number of nitrogens with one attached hydrogen (secondary N) is 1. The van der Waals surface area contributed by atoms with Crippen LogP contribution in [0.1, 0.15) is 34.7 Å². The van der Waals surface area contributed by atoms with Gasteiger partial charge >= 0.3 is 0 Å². The fourth-order valence-electron chi connectivity index (χ4n) is 2.69. The van der Waals surface area contributed by atoms with Crippen LogP contribution in [0.3, 0.4) is 0 Å². The van der Waals surface area contributed by atoms with E-state index in [4.69, 9.17) is 27.9 Å². The first-order chi connectivity index (χ1) is 13.9. The van der Waals surface area contributed by atoms with Crippen LogP contribution in [0.4, 0.5) is 0 Å². The highest BCUT2D eigenvalue weighted by molar-refractivity contribution is 7.98. The number of hydrogen-bond donors (Lipinski definition) is 1. The van der Waals surface area contributed by atoms with E-state index in [1.54, 1.807) is 37.4 Å². The van der Waals surface area contributed by atoms with E-state index in [1.165, 1.54) is 11.8 Å². The largest absolute Gasteiger partial charge is 0.497 e. The molecule has 0 aliphatic rings. The first kappa shape index (κ1) is 21.5. The van der Waals surface area contributed by atoms with Crippen molar-refractivity contribution in [2.24, 2.45) is 7.05 Å². The number of ether oxygens (including phenoxy) is 1. The average molecular weight is 451 g/mol. The summed E-state index contributed by atoms with van der Waals surface area (Å²) in [6, 6.07) is 12.2. The molecule has 0 aliphatic heterocycles. The molecule has 3 aromatic rings. The molecule has 0 unspecified atom stereocenters. The van der Waals surface area contributed by atoms with E-state index in [9.17, 15) is 4.79 Å². The number of carbonyl (C=O) groups excluding carboxylic acids is 1. The summed E-state index contributed by atoms with van der Waals surface area (Å²) in [7, 11) is 3.46. The molecule has 152 valence electrons. The molecule has 0 fully saturated rings. The quantitative estimate of drug-likeness (QED) is 0.517. The zero-order valence-electron chi connectivity index (χ0n) is 16.1. The Morgan fingerprint density at radius 2 is 1.90 bits per heavy atom. The van der Waals surface area contributed by atoms with Crippen molar-refractivity contribution in [1.29, 1.82) is 0 Å². The lowest BCUT2D eigenvalue weighted by Gasteiger charge is -2.14. The molecular formula is C20H20Cl2N4O2S. The minimum atomic E-state index is -0.304. The molecule has 3 rings (SSSR count). The van der Waals surface area contributed by atoms with Gasteiger partial charge in [0.1, 0.15) is 5.75 Å². The third-order valence-electron chi connectivity index (χ3n) is 4.31. The van der Waals surface area contributed by atoms with Crippen molar-refractivity contribution in [1.82, 2.24) is 20.1 Å². The molecule has 0 saturated carbocycles. The molecule has 0 bridgehead atoms. The van der Waals surface area contributed by atoms with Gasteiger partial charge in [-0.25, -0.2) is 0 Å². The molecule has 1 N–H and O–H groups in total. The van der Waals surface area contributed by atoms with Crippen LogP contribution in [-0.2, 0) is 12.8 Å². The predicted molar refractivity (Wildman–Crippen MR) is 116 cm³/mol. The van der Waals surface area contributed by atoms with Gasteiger partial charge in [-0.3, -0.25) is 4.79 Å². The van der Waals surface area contributed by atoms with Crippen LogP contribution >= 0.6 is 35.0 Å². The monoisotopic (exact) mass is 450 g/mol. The van der Waals surface area contributed by atoms with Gasteiger partial charge < -0.3 is 14.6 Å². The highest BCUT2D eigenvalue weighted by Crippen LogP contribution is 2.27. The van der Waals surface area contributed by atoms with Crippen LogP contribution in [0.15, 0.2) is 47.6 Å². The summed E-state index contributed by atoms with van der Waals surface area (Å²) in [4.78, 5) is 12.5. The maximum atomic E-state index is 12.5. The summed E-state index contributed by atoms with van der Waals surface area (Å²) in [5, 5.41) is 13.2. The van der Waals surface area contributed by atoms with Gasteiger partial charge in [0.05, 0.1) is 23.2 Å². The maximum absolute atomic E-state index is 12.5. The van der Waals surface area contributed by atoms with Crippen molar-refractivity contribution >= 4 is 40.9 Å². The van der Waals surface area contributed by atoms with Gasteiger partial charge in [0.15, 0.2) is 11.0 Å². The maximum Gasteiger partial charge on any atom is 0.251 e. The SMILES string of the molecule is COc1ccc(C(=O)N[C@@H](C)c2nnc(SCc3ccc(Cl)c(Cl)c3)n2C)cc1. The minimum absolute atomic E-state index is 0.187. The fraction of sp³-hybridized carbons (Fsp3) is 0.250. The Morgan fingerprint density at radius 3 is 2.55 bits per heavy atom. The second-order valence-electron chi connectivity index (χ2n) is 6.36. The Bertz CT molecular complexity index is 1010. The van der Waals surface area contributed by atoms with Gasteiger partial charge in [-0.15, -0.1) is 10.2 Å². The zero-order chi connectivity index (χ0) is 21.0. The van der Waals surface area contributed by atoms with Gasteiger partial charge in [0.25, 0.3) is 5.91 Å². The van der Waals surface area contributed by atoms with Gasteiger partial charge in [-0.05, 0) is 48.9 Å². The Labute approximate surface area is 183 Å². The lowest BCUT2D eigenvalue weighted by molar-refractivity contribution is 0.0937. The number of carbonyl (C=O) groups is 1. The number of aromatic nitrogens is 3. The molecule has 9 heteroatoms. The van der Waals surface area contributed by atoms with Crippen molar-refractivity contribution < 1.29 is 9.53 Å². The average Bonchev–Trinajstić information content (AvgIpc) is 3.09. The molecule has 0 spiro atoms. The van der Waals surface area contributed by atoms with Gasteiger partial charge in [-0.2, -0.15) is 0 Å². The number of benzene rings is 2. The number of hydrogen-bond acceptors (Lipinski definition) is 5. The van der Waals surface area contributed by atoms with Crippen LogP contribution in [-0.4, -0.2) is 27.8 Å². The smallest absolute Gasteiger partial charge is 0.251 e. The Hall–Kier alpha value is -2.22. The van der Waals surface area contributed by atoms with E-state index in [1.807, 2.05) is 30.7 Å². The van der Waals surface area contributed by atoms with Crippen molar-refractivity contribution in [3.8, 4) is 5.75 Å². The van der Waals surface area contributed by atoms with E-state index < -0.39 is 0 Å². The summed E-state index contributed by atoms with van der Waals surface area (Å²) >= 11 is 13.6. The molecule has 6 nitrogen and oxygen atoms in total.